The molecule has 1 atom stereocenters. The molecular formula is C23H26N6O2. The van der Waals surface area contributed by atoms with Crippen molar-refractivity contribution < 1.29 is 4.79 Å². The summed E-state index contributed by atoms with van der Waals surface area (Å²) in [7, 11) is 4.12. The van der Waals surface area contributed by atoms with Gasteiger partial charge in [0, 0.05) is 12.2 Å². The maximum atomic E-state index is 12.8. The fourth-order valence-electron chi connectivity index (χ4n) is 3.61. The number of amides is 1. The summed E-state index contributed by atoms with van der Waals surface area (Å²) >= 11 is 0. The Morgan fingerprint density at radius 3 is 2.68 bits per heavy atom. The van der Waals surface area contributed by atoms with Gasteiger partial charge in [0.15, 0.2) is 0 Å². The Balaban J connectivity index is 1.50. The van der Waals surface area contributed by atoms with Gasteiger partial charge in [-0.2, -0.15) is 0 Å². The van der Waals surface area contributed by atoms with Gasteiger partial charge in [0.1, 0.15) is 6.04 Å². The molecule has 0 spiro atoms. The second kappa shape index (κ2) is 8.69. The topological polar surface area (TPSA) is 85.1 Å². The van der Waals surface area contributed by atoms with Crippen LogP contribution in [-0.4, -0.2) is 50.5 Å². The van der Waals surface area contributed by atoms with Crippen LogP contribution in [0.2, 0.25) is 0 Å². The van der Waals surface area contributed by atoms with Crippen LogP contribution in [0, 0.1) is 0 Å². The number of carbonyl (C=O) groups excluding carboxylic acids is 1. The predicted octanol–water partition coefficient (Wildman–Crippen LogP) is 2.90. The van der Waals surface area contributed by atoms with E-state index in [-0.39, 0.29) is 11.5 Å². The van der Waals surface area contributed by atoms with Crippen molar-refractivity contribution in [2.45, 2.75) is 25.9 Å². The number of nitrogens with zero attached hydrogens (tertiary/aromatic N) is 5. The highest BCUT2D eigenvalue weighted by Crippen LogP contribution is 2.20. The first-order valence-corrected chi connectivity index (χ1v) is 10.3. The lowest BCUT2D eigenvalue weighted by Gasteiger charge is -2.15. The van der Waals surface area contributed by atoms with Gasteiger partial charge in [-0.25, -0.2) is 9.97 Å². The van der Waals surface area contributed by atoms with E-state index in [1.165, 1.54) is 10.9 Å². The highest BCUT2D eigenvalue weighted by molar-refractivity contribution is 5.95. The molecule has 2 aromatic heterocycles. The first-order valence-electron chi connectivity index (χ1n) is 10.3. The zero-order valence-corrected chi connectivity index (χ0v) is 17.9. The number of aromatic nitrogens is 4. The van der Waals surface area contributed by atoms with Crippen LogP contribution in [0.25, 0.3) is 21.9 Å². The second-order valence-electron chi connectivity index (χ2n) is 7.94. The van der Waals surface area contributed by atoms with E-state index in [0.29, 0.717) is 16.6 Å². The summed E-state index contributed by atoms with van der Waals surface area (Å²) in [6, 6.07) is 12.1. The standard InChI is InChI=1S/C23H26N6O2/c1-16(29-15-25-19-8-5-4-7-18(19)23(29)31)22(30)26-17-9-10-21-20(13-17)24-14-28(21)12-6-11-27(2)3/h4-5,7-10,13-16H,6,11-12H2,1-3H3,(H,26,30)/t16-/m1/s1. The quantitative estimate of drug-likeness (QED) is 0.499. The number of carbonyl (C=O) groups is 1. The number of rotatable bonds is 7. The third-order valence-electron chi connectivity index (χ3n) is 5.38. The summed E-state index contributed by atoms with van der Waals surface area (Å²) in [6.07, 6.45) is 4.28. The van der Waals surface area contributed by atoms with Gasteiger partial charge in [-0.05, 0) is 64.3 Å². The molecule has 0 fully saturated rings. The Bertz CT molecular complexity index is 1290. The van der Waals surface area contributed by atoms with Crippen LogP contribution in [0.15, 0.2) is 59.9 Å². The third kappa shape index (κ3) is 4.34. The maximum absolute atomic E-state index is 12.8. The highest BCUT2D eigenvalue weighted by atomic mass is 16.2. The molecule has 8 heteroatoms. The number of nitrogens with one attached hydrogen (secondary N) is 1. The molecule has 0 aliphatic carbocycles. The average molecular weight is 419 g/mol. The van der Waals surface area contributed by atoms with Crippen molar-refractivity contribution in [3.8, 4) is 0 Å². The van der Waals surface area contributed by atoms with E-state index < -0.39 is 6.04 Å². The van der Waals surface area contributed by atoms with Crippen molar-refractivity contribution in [3.05, 3.63) is 65.5 Å². The SMILES string of the molecule is C[C@H](C(=O)Nc1ccc2c(c1)ncn2CCCN(C)C)n1cnc2ccccc2c1=O. The molecule has 0 unspecified atom stereocenters. The molecule has 4 rings (SSSR count). The third-order valence-corrected chi connectivity index (χ3v) is 5.38. The lowest BCUT2D eigenvalue weighted by Crippen LogP contribution is -2.31. The largest absolute Gasteiger partial charge is 0.331 e. The lowest BCUT2D eigenvalue weighted by atomic mass is 10.2. The van der Waals surface area contributed by atoms with E-state index in [4.69, 9.17) is 0 Å². The molecule has 1 N–H and O–H groups in total. The Morgan fingerprint density at radius 1 is 1.10 bits per heavy atom. The molecular weight excluding hydrogens is 392 g/mol. The summed E-state index contributed by atoms with van der Waals surface area (Å²) in [5.74, 6) is -0.288. The first kappa shape index (κ1) is 20.7. The molecule has 0 saturated heterocycles. The molecule has 1 amide bonds. The molecule has 31 heavy (non-hydrogen) atoms. The van der Waals surface area contributed by atoms with Crippen LogP contribution in [0.4, 0.5) is 5.69 Å². The summed E-state index contributed by atoms with van der Waals surface area (Å²) in [6.45, 7) is 3.58. The van der Waals surface area contributed by atoms with Crippen LogP contribution in [0.5, 0.6) is 0 Å². The van der Waals surface area contributed by atoms with Gasteiger partial charge in [0.05, 0.1) is 34.6 Å². The van der Waals surface area contributed by atoms with Crippen LogP contribution >= 0.6 is 0 Å². The second-order valence-corrected chi connectivity index (χ2v) is 7.94. The zero-order chi connectivity index (χ0) is 22.0. The van der Waals surface area contributed by atoms with Gasteiger partial charge in [-0.3, -0.25) is 14.2 Å². The van der Waals surface area contributed by atoms with Gasteiger partial charge >= 0.3 is 0 Å². The van der Waals surface area contributed by atoms with Gasteiger partial charge in [0.25, 0.3) is 5.56 Å². The minimum atomic E-state index is -0.705. The smallest absolute Gasteiger partial charge is 0.261 e. The number of hydrogen-bond acceptors (Lipinski definition) is 5. The summed E-state index contributed by atoms with van der Waals surface area (Å²) in [5.41, 5.74) is 2.87. The Hall–Kier alpha value is -3.52. The molecule has 0 radical (unpaired) electrons. The van der Waals surface area contributed by atoms with E-state index in [0.717, 1.165) is 30.5 Å². The number of hydrogen-bond donors (Lipinski definition) is 1. The van der Waals surface area contributed by atoms with Gasteiger partial charge in [-0.15, -0.1) is 0 Å². The average Bonchev–Trinajstić information content (AvgIpc) is 3.15. The molecule has 0 aliphatic heterocycles. The molecule has 4 aromatic rings. The van der Waals surface area contributed by atoms with Crippen molar-refractivity contribution >= 4 is 33.5 Å². The molecule has 0 saturated carbocycles. The fraction of sp³-hybridized carbons (Fsp3) is 0.304. The van der Waals surface area contributed by atoms with Crippen LogP contribution in [0.3, 0.4) is 0 Å². The summed E-state index contributed by atoms with van der Waals surface area (Å²) in [4.78, 5) is 36.5. The van der Waals surface area contributed by atoms with Crippen molar-refractivity contribution in [1.29, 1.82) is 0 Å². The molecule has 2 aromatic carbocycles. The van der Waals surface area contributed by atoms with Crippen molar-refractivity contribution in [2.75, 3.05) is 26.0 Å². The predicted molar refractivity (Wildman–Crippen MR) is 122 cm³/mol. The van der Waals surface area contributed by atoms with E-state index in [2.05, 4.69) is 38.8 Å². The van der Waals surface area contributed by atoms with Crippen molar-refractivity contribution in [2.24, 2.45) is 0 Å². The Morgan fingerprint density at radius 2 is 1.87 bits per heavy atom. The number of anilines is 1. The summed E-state index contributed by atoms with van der Waals surface area (Å²) < 4.78 is 3.48. The van der Waals surface area contributed by atoms with E-state index in [1.54, 1.807) is 25.1 Å². The van der Waals surface area contributed by atoms with Gasteiger partial charge in [-0.1, -0.05) is 12.1 Å². The molecule has 2 heterocycles. The number of fused-ring (bicyclic) bond motifs is 2. The molecule has 0 bridgehead atoms. The monoisotopic (exact) mass is 418 g/mol. The molecule has 8 nitrogen and oxygen atoms in total. The molecule has 0 aliphatic rings. The van der Waals surface area contributed by atoms with E-state index in [9.17, 15) is 9.59 Å². The maximum Gasteiger partial charge on any atom is 0.261 e. The number of benzene rings is 2. The summed E-state index contributed by atoms with van der Waals surface area (Å²) in [5, 5.41) is 3.38. The van der Waals surface area contributed by atoms with E-state index >= 15 is 0 Å². The van der Waals surface area contributed by atoms with Gasteiger partial charge < -0.3 is 14.8 Å². The lowest BCUT2D eigenvalue weighted by molar-refractivity contribution is -0.118. The minimum absolute atomic E-state index is 0.236. The number of para-hydroxylation sites is 1. The van der Waals surface area contributed by atoms with Crippen molar-refractivity contribution in [3.63, 3.8) is 0 Å². The first-order chi connectivity index (χ1) is 14.9. The fourth-order valence-corrected chi connectivity index (χ4v) is 3.61. The van der Waals surface area contributed by atoms with Crippen LogP contribution in [-0.2, 0) is 11.3 Å². The Labute approximate surface area is 180 Å². The van der Waals surface area contributed by atoms with Crippen LogP contribution < -0.4 is 10.9 Å². The van der Waals surface area contributed by atoms with Gasteiger partial charge in [0.2, 0.25) is 5.91 Å². The number of imidazole rings is 1. The molecule has 160 valence electrons. The van der Waals surface area contributed by atoms with Crippen LogP contribution in [0.1, 0.15) is 19.4 Å². The minimum Gasteiger partial charge on any atom is -0.331 e. The normalized spacial score (nSPS) is 12.5. The Kier molecular flexibility index (Phi) is 5.81. The number of aryl methyl sites for hydroxylation is 1. The van der Waals surface area contributed by atoms with E-state index in [1.807, 2.05) is 30.6 Å². The van der Waals surface area contributed by atoms with Crippen molar-refractivity contribution in [1.82, 2.24) is 24.0 Å². The highest BCUT2D eigenvalue weighted by Gasteiger charge is 2.18. The zero-order valence-electron chi connectivity index (χ0n) is 17.9.